The lowest BCUT2D eigenvalue weighted by atomic mass is 10.2. The number of rotatable bonds is 6. The summed E-state index contributed by atoms with van der Waals surface area (Å²) < 4.78 is 0. The van der Waals surface area contributed by atoms with Crippen LogP contribution in [-0.2, 0) is 0 Å². The molecule has 2 heterocycles. The summed E-state index contributed by atoms with van der Waals surface area (Å²) >= 11 is 5.93. The molecule has 32 heavy (non-hydrogen) atoms. The second-order valence-electron chi connectivity index (χ2n) is 6.92. The lowest BCUT2D eigenvalue weighted by Gasteiger charge is -2.10. The third-order valence-electron chi connectivity index (χ3n) is 4.34. The third-order valence-corrected chi connectivity index (χ3v) is 4.57. The lowest BCUT2D eigenvalue weighted by Crippen LogP contribution is -2.19. The van der Waals surface area contributed by atoms with E-state index in [9.17, 15) is 4.79 Å². The number of aryl methyl sites for hydroxylation is 1. The quantitative estimate of drug-likeness (QED) is 0.291. The highest BCUT2D eigenvalue weighted by molar-refractivity contribution is 6.30. The van der Waals surface area contributed by atoms with Crippen molar-refractivity contribution in [2.45, 2.75) is 6.92 Å². The van der Waals surface area contributed by atoms with Crippen molar-refractivity contribution >= 4 is 52.1 Å². The average Bonchev–Trinajstić information content (AvgIpc) is 2.75. The minimum absolute atomic E-state index is 0.357. The summed E-state index contributed by atoms with van der Waals surface area (Å²) in [6, 6.07) is 19.5. The van der Waals surface area contributed by atoms with Crippen LogP contribution in [0, 0.1) is 6.92 Å². The van der Waals surface area contributed by atoms with Gasteiger partial charge >= 0.3 is 6.03 Å². The molecule has 4 rings (SSSR count). The molecule has 0 aliphatic rings. The predicted octanol–water partition coefficient (Wildman–Crippen LogP) is 5.96. The first-order chi connectivity index (χ1) is 15.5. The molecule has 4 N–H and O–H groups in total. The zero-order chi connectivity index (χ0) is 22.3. The van der Waals surface area contributed by atoms with Crippen LogP contribution < -0.4 is 21.3 Å². The molecular weight excluding hydrogens is 426 g/mol. The Labute approximate surface area is 190 Å². The van der Waals surface area contributed by atoms with Crippen molar-refractivity contribution in [2.24, 2.45) is 0 Å². The first kappa shape index (κ1) is 21.1. The van der Waals surface area contributed by atoms with Crippen LogP contribution in [0.15, 0.2) is 79.3 Å². The number of anilines is 6. The van der Waals surface area contributed by atoms with E-state index in [-0.39, 0.29) is 6.03 Å². The molecule has 2 amide bonds. The smallest absolute Gasteiger partial charge is 0.323 e. The minimum atomic E-state index is -0.357. The van der Waals surface area contributed by atoms with E-state index in [0.717, 1.165) is 11.3 Å². The zero-order valence-corrected chi connectivity index (χ0v) is 17.9. The van der Waals surface area contributed by atoms with E-state index in [1.807, 2.05) is 31.2 Å². The van der Waals surface area contributed by atoms with E-state index in [1.54, 1.807) is 48.7 Å². The Balaban J connectivity index is 1.36. The molecule has 2 aromatic heterocycles. The molecule has 0 saturated carbocycles. The van der Waals surface area contributed by atoms with Crippen molar-refractivity contribution < 1.29 is 4.79 Å². The van der Waals surface area contributed by atoms with Gasteiger partial charge in [-0.05, 0) is 67.1 Å². The van der Waals surface area contributed by atoms with Gasteiger partial charge in [0.1, 0.15) is 23.8 Å². The minimum Gasteiger partial charge on any atom is -0.340 e. The Kier molecular flexibility index (Phi) is 6.43. The van der Waals surface area contributed by atoms with Crippen molar-refractivity contribution in [1.82, 2.24) is 15.0 Å². The molecule has 0 aliphatic carbocycles. The van der Waals surface area contributed by atoms with Crippen LogP contribution in [0.3, 0.4) is 0 Å². The van der Waals surface area contributed by atoms with E-state index in [1.165, 1.54) is 6.33 Å². The number of benzene rings is 2. The molecule has 0 saturated heterocycles. The highest BCUT2D eigenvalue weighted by atomic mass is 35.5. The fourth-order valence-electron chi connectivity index (χ4n) is 2.87. The first-order valence-corrected chi connectivity index (χ1v) is 10.1. The molecule has 0 spiro atoms. The zero-order valence-electron chi connectivity index (χ0n) is 17.1. The fourth-order valence-corrected chi connectivity index (χ4v) is 3.06. The number of nitrogens with one attached hydrogen (secondary N) is 4. The van der Waals surface area contributed by atoms with Crippen molar-refractivity contribution in [1.29, 1.82) is 0 Å². The van der Waals surface area contributed by atoms with Gasteiger partial charge in [-0.2, -0.15) is 0 Å². The summed E-state index contributed by atoms with van der Waals surface area (Å²) in [5, 5.41) is 12.4. The number of amides is 2. The topological polar surface area (TPSA) is 104 Å². The number of aromatic nitrogens is 3. The molecule has 0 fully saturated rings. The molecule has 0 bridgehead atoms. The maximum atomic E-state index is 12.2. The van der Waals surface area contributed by atoms with Gasteiger partial charge in [0.2, 0.25) is 0 Å². The SMILES string of the molecule is Cc1ccnc(Nc2cc(Nc3ccc(NC(=O)Nc4cccc(Cl)c4)cc3)ncn2)c1. The average molecular weight is 446 g/mol. The number of carbonyl (C=O) groups is 1. The van der Waals surface area contributed by atoms with E-state index in [0.29, 0.717) is 33.9 Å². The van der Waals surface area contributed by atoms with Gasteiger partial charge < -0.3 is 21.3 Å². The number of hydrogen-bond donors (Lipinski definition) is 4. The second kappa shape index (κ2) is 9.76. The molecule has 0 radical (unpaired) electrons. The van der Waals surface area contributed by atoms with E-state index in [2.05, 4.69) is 36.2 Å². The number of nitrogens with zero attached hydrogens (tertiary/aromatic N) is 3. The van der Waals surface area contributed by atoms with Gasteiger partial charge in [-0.25, -0.2) is 19.7 Å². The predicted molar refractivity (Wildman–Crippen MR) is 128 cm³/mol. The summed E-state index contributed by atoms with van der Waals surface area (Å²) in [6.45, 7) is 2.00. The number of pyridine rings is 1. The highest BCUT2D eigenvalue weighted by Gasteiger charge is 2.05. The fraction of sp³-hybridized carbons (Fsp3) is 0.0435. The van der Waals surface area contributed by atoms with Crippen LogP contribution in [0.2, 0.25) is 5.02 Å². The number of urea groups is 1. The normalized spacial score (nSPS) is 10.3. The van der Waals surface area contributed by atoms with Crippen LogP contribution in [0.25, 0.3) is 0 Å². The Morgan fingerprint density at radius 2 is 1.44 bits per heavy atom. The van der Waals surface area contributed by atoms with E-state index in [4.69, 9.17) is 11.6 Å². The molecule has 0 aliphatic heterocycles. The molecule has 0 unspecified atom stereocenters. The number of halogens is 1. The Hall–Kier alpha value is -4.17. The van der Waals surface area contributed by atoms with Crippen LogP contribution in [0.1, 0.15) is 5.56 Å². The van der Waals surface area contributed by atoms with Crippen LogP contribution in [0.4, 0.5) is 39.3 Å². The molecule has 8 nitrogen and oxygen atoms in total. The Morgan fingerprint density at radius 1 is 0.750 bits per heavy atom. The summed E-state index contributed by atoms with van der Waals surface area (Å²) in [5.74, 6) is 1.95. The monoisotopic (exact) mass is 445 g/mol. The molecular formula is C23H20ClN7O. The van der Waals surface area contributed by atoms with E-state index < -0.39 is 0 Å². The van der Waals surface area contributed by atoms with Gasteiger partial charge in [0.25, 0.3) is 0 Å². The van der Waals surface area contributed by atoms with Gasteiger partial charge in [-0.3, -0.25) is 0 Å². The summed E-state index contributed by atoms with van der Waals surface area (Å²) in [4.78, 5) is 24.9. The summed E-state index contributed by atoms with van der Waals surface area (Å²) in [5.41, 5.74) is 3.17. The van der Waals surface area contributed by atoms with Gasteiger partial charge in [-0.15, -0.1) is 0 Å². The third kappa shape index (κ3) is 5.93. The number of hydrogen-bond acceptors (Lipinski definition) is 6. The highest BCUT2D eigenvalue weighted by Crippen LogP contribution is 2.21. The molecule has 0 atom stereocenters. The summed E-state index contributed by atoms with van der Waals surface area (Å²) in [6.07, 6.45) is 3.21. The van der Waals surface area contributed by atoms with Gasteiger partial charge in [0.05, 0.1) is 0 Å². The molecule has 4 aromatic rings. The van der Waals surface area contributed by atoms with Gasteiger partial charge in [0.15, 0.2) is 0 Å². The Morgan fingerprint density at radius 3 is 2.19 bits per heavy atom. The maximum absolute atomic E-state index is 12.2. The van der Waals surface area contributed by atoms with Crippen molar-refractivity contribution in [3.63, 3.8) is 0 Å². The van der Waals surface area contributed by atoms with Gasteiger partial charge in [0, 0.05) is 34.3 Å². The number of carbonyl (C=O) groups excluding carboxylic acids is 1. The lowest BCUT2D eigenvalue weighted by molar-refractivity contribution is 0.262. The van der Waals surface area contributed by atoms with Crippen LogP contribution in [-0.4, -0.2) is 21.0 Å². The van der Waals surface area contributed by atoms with Crippen LogP contribution in [0.5, 0.6) is 0 Å². The van der Waals surface area contributed by atoms with Crippen molar-refractivity contribution in [2.75, 3.05) is 21.3 Å². The second-order valence-corrected chi connectivity index (χ2v) is 7.36. The maximum Gasteiger partial charge on any atom is 0.323 e. The van der Waals surface area contributed by atoms with Crippen molar-refractivity contribution in [3.05, 3.63) is 89.8 Å². The Bertz CT molecular complexity index is 1230. The first-order valence-electron chi connectivity index (χ1n) is 9.76. The standard InChI is InChI=1S/C23H20ClN7O/c1-15-9-10-25-20(11-15)31-22-13-21(26-14-27-22)28-17-5-7-18(8-6-17)29-23(32)30-19-4-2-3-16(24)12-19/h2-14H,1H3,(H2,29,30,32)(H2,25,26,27,28,31). The molecule has 2 aromatic carbocycles. The molecule has 9 heteroatoms. The van der Waals surface area contributed by atoms with Gasteiger partial charge in [-0.1, -0.05) is 17.7 Å². The van der Waals surface area contributed by atoms with Crippen LogP contribution >= 0.6 is 11.6 Å². The summed E-state index contributed by atoms with van der Waals surface area (Å²) in [7, 11) is 0. The molecule has 160 valence electrons. The van der Waals surface area contributed by atoms with Crippen molar-refractivity contribution in [3.8, 4) is 0 Å². The van der Waals surface area contributed by atoms with E-state index >= 15 is 0 Å². The largest absolute Gasteiger partial charge is 0.340 e.